The minimum atomic E-state index is 0.550. The quantitative estimate of drug-likeness (QED) is 0.821. The lowest BCUT2D eigenvalue weighted by Gasteiger charge is -2.10. The Balaban J connectivity index is 2.08. The van der Waals surface area contributed by atoms with E-state index in [0.717, 1.165) is 24.6 Å². The fraction of sp³-hybridized carbons (Fsp3) is 0.357. The summed E-state index contributed by atoms with van der Waals surface area (Å²) in [5.74, 6) is 2.39. The largest absolute Gasteiger partial charge is 0.367 e. The molecule has 2 heterocycles. The van der Waals surface area contributed by atoms with Crippen LogP contribution in [0.15, 0.2) is 30.6 Å². The lowest BCUT2D eigenvalue weighted by Crippen LogP contribution is -2.06. The number of aromatic nitrogens is 3. The topological polar surface area (TPSA) is 53.6 Å². The number of nitrogens with zero attached hydrogens (tertiary/aromatic N) is 2. The lowest BCUT2D eigenvalue weighted by molar-refractivity contribution is 0.620. The van der Waals surface area contributed by atoms with Crippen LogP contribution in [0.5, 0.6) is 0 Å². The summed E-state index contributed by atoms with van der Waals surface area (Å²) in [7, 11) is 0. The zero-order valence-corrected chi connectivity index (χ0v) is 12.0. The molecule has 0 radical (unpaired) electrons. The van der Waals surface area contributed by atoms with E-state index in [4.69, 9.17) is 12.2 Å². The van der Waals surface area contributed by atoms with Gasteiger partial charge in [0.1, 0.15) is 16.3 Å². The number of pyridine rings is 1. The van der Waals surface area contributed by atoms with Gasteiger partial charge in [0.05, 0.1) is 0 Å². The first kappa shape index (κ1) is 13.7. The van der Waals surface area contributed by atoms with Crippen molar-refractivity contribution in [1.82, 2.24) is 15.0 Å². The fourth-order valence-electron chi connectivity index (χ4n) is 1.78. The zero-order chi connectivity index (χ0) is 13.7. The molecule has 0 aliphatic rings. The minimum absolute atomic E-state index is 0.550. The third-order valence-corrected chi connectivity index (χ3v) is 2.83. The molecule has 0 aliphatic carbocycles. The van der Waals surface area contributed by atoms with Gasteiger partial charge in [0.15, 0.2) is 0 Å². The number of H-pyrrole nitrogens is 1. The van der Waals surface area contributed by atoms with Crippen molar-refractivity contribution in [2.24, 2.45) is 5.92 Å². The Morgan fingerprint density at radius 3 is 2.74 bits per heavy atom. The molecule has 2 N–H and O–H groups in total. The van der Waals surface area contributed by atoms with E-state index in [0.29, 0.717) is 10.6 Å². The minimum Gasteiger partial charge on any atom is -0.367 e. The Bertz CT molecular complexity index is 577. The van der Waals surface area contributed by atoms with E-state index < -0.39 is 0 Å². The van der Waals surface area contributed by atoms with E-state index in [1.54, 1.807) is 12.4 Å². The smallest absolute Gasteiger partial charge is 0.131 e. The average Bonchev–Trinajstić information content (AvgIpc) is 2.36. The summed E-state index contributed by atoms with van der Waals surface area (Å²) in [6.45, 7) is 5.06. The van der Waals surface area contributed by atoms with Gasteiger partial charge in [0, 0.05) is 31.4 Å². The van der Waals surface area contributed by atoms with Crippen molar-refractivity contribution in [3.63, 3.8) is 0 Å². The first-order chi connectivity index (χ1) is 9.13. The maximum absolute atomic E-state index is 5.19. The van der Waals surface area contributed by atoms with Crippen LogP contribution >= 0.6 is 12.2 Å². The van der Waals surface area contributed by atoms with Gasteiger partial charge in [-0.1, -0.05) is 26.1 Å². The van der Waals surface area contributed by atoms with E-state index in [1.807, 2.05) is 18.2 Å². The number of nitrogens with one attached hydrogen (secondary N) is 2. The Hall–Kier alpha value is -1.75. The van der Waals surface area contributed by atoms with Crippen LogP contribution in [0.25, 0.3) is 0 Å². The Kier molecular flexibility index (Phi) is 4.63. The Morgan fingerprint density at radius 2 is 2.05 bits per heavy atom. The molecule has 100 valence electrons. The predicted molar refractivity (Wildman–Crippen MR) is 79.5 cm³/mol. The lowest BCUT2D eigenvalue weighted by atomic mass is 10.1. The number of rotatable bonds is 5. The molecule has 2 rings (SSSR count). The third-order valence-electron chi connectivity index (χ3n) is 2.63. The van der Waals surface area contributed by atoms with Crippen LogP contribution in [0.3, 0.4) is 0 Å². The van der Waals surface area contributed by atoms with Gasteiger partial charge in [0.2, 0.25) is 0 Å². The summed E-state index contributed by atoms with van der Waals surface area (Å²) in [5, 5.41) is 3.33. The summed E-state index contributed by atoms with van der Waals surface area (Å²) in [4.78, 5) is 11.6. The summed E-state index contributed by atoms with van der Waals surface area (Å²) in [6.07, 6.45) is 4.47. The van der Waals surface area contributed by atoms with Gasteiger partial charge in [-0.05, 0) is 23.6 Å². The van der Waals surface area contributed by atoms with E-state index in [-0.39, 0.29) is 0 Å². The molecule has 5 heteroatoms. The second kappa shape index (κ2) is 6.43. The third kappa shape index (κ3) is 4.44. The monoisotopic (exact) mass is 274 g/mol. The average molecular weight is 274 g/mol. The zero-order valence-electron chi connectivity index (χ0n) is 11.2. The van der Waals surface area contributed by atoms with Crippen molar-refractivity contribution >= 4 is 18.0 Å². The van der Waals surface area contributed by atoms with Crippen LogP contribution < -0.4 is 5.32 Å². The number of anilines is 1. The van der Waals surface area contributed by atoms with Crippen LogP contribution in [-0.4, -0.2) is 15.0 Å². The fourth-order valence-corrected chi connectivity index (χ4v) is 2.01. The van der Waals surface area contributed by atoms with E-state index in [2.05, 4.69) is 34.1 Å². The van der Waals surface area contributed by atoms with Gasteiger partial charge in [-0.25, -0.2) is 4.98 Å². The number of aromatic amines is 1. The first-order valence-corrected chi connectivity index (χ1v) is 6.77. The SMILES string of the molecule is CC(C)Cc1nc(=S)cc(NCc2ccncc2)[nH]1. The molecule has 4 nitrogen and oxygen atoms in total. The molecule has 0 amide bonds. The van der Waals surface area contributed by atoms with E-state index >= 15 is 0 Å². The van der Waals surface area contributed by atoms with Crippen LogP contribution in [0.4, 0.5) is 5.82 Å². The molecule has 0 saturated carbocycles. The molecule has 2 aromatic rings. The Morgan fingerprint density at radius 1 is 1.32 bits per heavy atom. The molecule has 0 atom stereocenters. The molecule has 0 spiro atoms. The van der Waals surface area contributed by atoms with Gasteiger partial charge < -0.3 is 10.3 Å². The highest BCUT2D eigenvalue weighted by Crippen LogP contribution is 2.09. The second-order valence-electron chi connectivity index (χ2n) is 4.89. The van der Waals surface area contributed by atoms with Gasteiger partial charge in [0.25, 0.3) is 0 Å². The van der Waals surface area contributed by atoms with Crippen molar-refractivity contribution in [3.8, 4) is 0 Å². The highest BCUT2D eigenvalue weighted by molar-refractivity contribution is 7.71. The van der Waals surface area contributed by atoms with Crippen LogP contribution in [0, 0.1) is 10.6 Å². The molecular weight excluding hydrogens is 256 g/mol. The molecular formula is C14H18N4S. The van der Waals surface area contributed by atoms with Gasteiger partial charge in [-0.2, -0.15) is 0 Å². The molecule has 0 unspecified atom stereocenters. The Labute approximate surface area is 118 Å². The number of hydrogen-bond acceptors (Lipinski definition) is 4. The van der Waals surface area contributed by atoms with Crippen LogP contribution in [0.2, 0.25) is 0 Å². The molecule has 0 fully saturated rings. The molecule has 0 aliphatic heterocycles. The van der Waals surface area contributed by atoms with E-state index in [1.165, 1.54) is 5.56 Å². The van der Waals surface area contributed by atoms with Crippen molar-refractivity contribution < 1.29 is 0 Å². The summed E-state index contributed by atoms with van der Waals surface area (Å²) < 4.78 is 0.617. The predicted octanol–water partition coefficient (Wildman–Crippen LogP) is 3.34. The van der Waals surface area contributed by atoms with Gasteiger partial charge in [-0.15, -0.1) is 0 Å². The number of hydrogen-bond donors (Lipinski definition) is 2. The normalized spacial score (nSPS) is 10.7. The summed E-state index contributed by atoms with van der Waals surface area (Å²) in [5.41, 5.74) is 1.18. The summed E-state index contributed by atoms with van der Waals surface area (Å²) in [6, 6.07) is 5.82. The van der Waals surface area contributed by atoms with E-state index in [9.17, 15) is 0 Å². The molecule has 19 heavy (non-hydrogen) atoms. The van der Waals surface area contributed by atoms with Crippen molar-refractivity contribution in [3.05, 3.63) is 46.6 Å². The van der Waals surface area contributed by atoms with Crippen molar-refractivity contribution in [1.29, 1.82) is 0 Å². The highest BCUT2D eigenvalue weighted by Gasteiger charge is 2.02. The van der Waals surface area contributed by atoms with Crippen LogP contribution in [-0.2, 0) is 13.0 Å². The first-order valence-electron chi connectivity index (χ1n) is 6.36. The second-order valence-corrected chi connectivity index (χ2v) is 5.31. The molecule has 0 aromatic carbocycles. The molecule has 2 aromatic heterocycles. The maximum Gasteiger partial charge on any atom is 0.131 e. The summed E-state index contributed by atoms with van der Waals surface area (Å²) >= 11 is 5.19. The molecule has 0 bridgehead atoms. The highest BCUT2D eigenvalue weighted by atomic mass is 32.1. The maximum atomic E-state index is 5.19. The van der Waals surface area contributed by atoms with Gasteiger partial charge >= 0.3 is 0 Å². The van der Waals surface area contributed by atoms with Crippen LogP contribution in [0.1, 0.15) is 25.2 Å². The van der Waals surface area contributed by atoms with Crippen molar-refractivity contribution in [2.45, 2.75) is 26.8 Å². The molecule has 0 saturated heterocycles. The standard InChI is InChI=1S/C14H18N4S/c1-10(2)7-13-17-12(8-14(19)18-13)16-9-11-3-5-15-6-4-11/h3-6,8,10H,7,9H2,1-2H3,(H2,16,17,18,19). The van der Waals surface area contributed by atoms with Gasteiger partial charge in [-0.3, -0.25) is 4.98 Å². The van der Waals surface area contributed by atoms with Crippen molar-refractivity contribution in [2.75, 3.05) is 5.32 Å².